The topological polar surface area (TPSA) is 55.0 Å². The fourth-order valence-corrected chi connectivity index (χ4v) is 2.25. The Hall–Kier alpha value is -1.16. The van der Waals surface area contributed by atoms with Crippen molar-refractivity contribution in [2.75, 3.05) is 18.0 Å². The molecule has 4 nitrogen and oxygen atoms in total. The maximum absolute atomic E-state index is 5.97. The normalized spacial score (nSPS) is 23.2. The molecule has 1 aromatic rings. The van der Waals surface area contributed by atoms with Crippen LogP contribution < -0.4 is 10.6 Å². The Morgan fingerprint density at radius 3 is 3.06 bits per heavy atom. The highest BCUT2D eigenvalue weighted by molar-refractivity contribution is 5.39. The van der Waals surface area contributed by atoms with E-state index in [9.17, 15) is 0 Å². The van der Waals surface area contributed by atoms with Crippen molar-refractivity contribution in [1.29, 1.82) is 0 Å². The van der Waals surface area contributed by atoms with E-state index in [4.69, 9.17) is 5.73 Å². The molecule has 2 unspecified atom stereocenters. The summed E-state index contributed by atoms with van der Waals surface area (Å²) in [5, 5.41) is 8.20. The molecule has 1 saturated heterocycles. The third kappa shape index (κ3) is 2.50. The van der Waals surface area contributed by atoms with Gasteiger partial charge in [-0.25, -0.2) is 0 Å². The molecule has 1 aromatic heterocycles. The summed E-state index contributed by atoms with van der Waals surface area (Å²) in [5.74, 6) is 1.57. The smallest absolute Gasteiger partial charge is 0.151 e. The number of rotatable bonds is 2. The first-order valence-electron chi connectivity index (χ1n) is 5.96. The van der Waals surface area contributed by atoms with Crippen LogP contribution in [0.1, 0.15) is 25.3 Å². The molecule has 4 heteroatoms. The molecule has 0 saturated carbocycles. The lowest BCUT2D eigenvalue weighted by molar-refractivity contribution is 0.363. The Bertz CT molecular complexity index is 351. The van der Waals surface area contributed by atoms with Gasteiger partial charge in [0.2, 0.25) is 0 Å². The lowest BCUT2D eigenvalue weighted by Gasteiger charge is -2.35. The van der Waals surface area contributed by atoms with E-state index in [2.05, 4.69) is 28.1 Å². The molecule has 2 heterocycles. The van der Waals surface area contributed by atoms with Gasteiger partial charge in [-0.05, 0) is 44.2 Å². The number of aryl methyl sites for hydroxylation is 1. The molecule has 0 spiro atoms. The van der Waals surface area contributed by atoms with Crippen LogP contribution in [0.5, 0.6) is 0 Å². The van der Waals surface area contributed by atoms with Gasteiger partial charge in [0.15, 0.2) is 5.82 Å². The van der Waals surface area contributed by atoms with Crippen molar-refractivity contribution < 1.29 is 0 Å². The molecular weight excluding hydrogens is 200 g/mol. The predicted octanol–water partition coefficient (Wildman–Crippen LogP) is 1.35. The molecule has 0 amide bonds. The number of nitrogens with zero attached hydrogens (tertiary/aromatic N) is 3. The minimum absolute atomic E-state index is 0.264. The fraction of sp³-hybridized carbons (Fsp3) is 0.667. The number of piperidine rings is 1. The minimum atomic E-state index is 0.264. The van der Waals surface area contributed by atoms with Crippen molar-refractivity contribution in [2.24, 2.45) is 11.7 Å². The van der Waals surface area contributed by atoms with Crippen LogP contribution in [0.15, 0.2) is 12.3 Å². The van der Waals surface area contributed by atoms with E-state index in [1.54, 1.807) is 6.20 Å². The number of hydrogen-bond acceptors (Lipinski definition) is 4. The monoisotopic (exact) mass is 220 g/mol. The summed E-state index contributed by atoms with van der Waals surface area (Å²) in [6.45, 7) is 6.22. The number of aromatic nitrogens is 2. The highest BCUT2D eigenvalue weighted by atomic mass is 15.3. The second-order valence-electron chi connectivity index (χ2n) is 4.80. The first-order chi connectivity index (χ1) is 7.66. The lowest BCUT2D eigenvalue weighted by Crippen LogP contribution is -2.42. The molecule has 1 aliphatic rings. The molecule has 16 heavy (non-hydrogen) atoms. The van der Waals surface area contributed by atoms with E-state index >= 15 is 0 Å². The zero-order valence-electron chi connectivity index (χ0n) is 10.1. The van der Waals surface area contributed by atoms with Crippen molar-refractivity contribution in [3.8, 4) is 0 Å². The van der Waals surface area contributed by atoms with Crippen LogP contribution in [-0.4, -0.2) is 29.3 Å². The van der Waals surface area contributed by atoms with Crippen LogP contribution >= 0.6 is 0 Å². The van der Waals surface area contributed by atoms with Gasteiger partial charge in [-0.15, -0.1) is 5.10 Å². The maximum Gasteiger partial charge on any atom is 0.151 e. The van der Waals surface area contributed by atoms with Crippen LogP contribution in [-0.2, 0) is 0 Å². The standard InChI is InChI=1S/C12H20N4/c1-9-6-12(15-14-7-9)16-5-3-4-11(8-16)10(2)13/h6-7,10-11H,3-5,8,13H2,1-2H3. The van der Waals surface area contributed by atoms with Crippen LogP contribution in [0.3, 0.4) is 0 Å². The molecule has 0 bridgehead atoms. The summed E-state index contributed by atoms with van der Waals surface area (Å²) in [6.07, 6.45) is 4.21. The Kier molecular flexibility index (Phi) is 3.39. The fourth-order valence-electron chi connectivity index (χ4n) is 2.25. The summed E-state index contributed by atoms with van der Waals surface area (Å²) in [7, 11) is 0. The highest BCUT2D eigenvalue weighted by Gasteiger charge is 2.23. The average Bonchev–Trinajstić information content (AvgIpc) is 2.29. The SMILES string of the molecule is Cc1cnnc(N2CCCC(C(C)N)C2)c1. The minimum Gasteiger partial charge on any atom is -0.355 e. The van der Waals surface area contributed by atoms with E-state index < -0.39 is 0 Å². The maximum atomic E-state index is 5.97. The van der Waals surface area contributed by atoms with E-state index in [0.29, 0.717) is 5.92 Å². The zero-order chi connectivity index (χ0) is 11.5. The van der Waals surface area contributed by atoms with Gasteiger partial charge in [-0.2, -0.15) is 5.10 Å². The van der Waals surface area contributed by atoms with Crippen LogP contribution in [0, 0.1) is 12.8 Å². The summed E-state index contributed by atoms with van der Waals surface area (Å²) < 4.78 is 0. The summed E-state index contributed by atoms with van der Waals surface area (Å²) >= 11 is 0. The summed E-state index contributed by atoms with van der Waals surface area (Å²) in [4.78, 5) is 2.30. The van der Waals surface area contributed by atoms with Crippen molar-refractivity contribution >= 4 is 5.82 Å². The molecule has 0 aromatic carbocycles. The van der Waals surface area contributed by atoms with Gasteiger partial charge >= 0.3 is 0 Å². The third-order valence-corrected chi connectivity index (χ3v) is 3.30. The number of nitrogens with two attached hydrogens (primary N) is 1. The third-order valence-electron chi connectivity index (χ3n) is 3.30. The zero-order valence-corrected chi connectivity index (χ0v) is 10.1. The van der Waals surface area contributed by atoms with Gasteiger partial charge in [-0.1, -0.05) is 0 Å². The Morgan fingerprint density at radius 1 is 1.56 bits per heavy atom. The average molecular weight is 220 g/mol. The molecule has 0 aliphatic carbocycles. The second-order valence-corrected chi connectivity index (χ2v) is 4.80. The van der Waals surface area contributed by atoms with Crippen LogP contribution in [0.2, 0.25) is 0 Å². The van der Waals surface area contributed by atoms with E-state index in [1.807, 2.05) is 6.92 Å². The number of anilines is 1. The molecular formula is C12H20N4. The van der Waals surface area contributed by atoms with Gasteiger partial charge in [0, 0.05) is 19.1 Å². The van der Waals surface area contributed by atoms with E-state index in [-0.39, 0.29) is 6.04 Å². The van der Waals surface area contributed by atoms with Crippen LogP contribution in [0.4, 0.5) is 5.82 Å². The molecule has 1 fully saturated rings. The van der Waals surface area contributed by atoms with Crippen molar-refractivity contribution in [3.63, 3.8) is 0 Å². The number of hydrogen-bond donors (Lipinski definition) is 1. The first-order valence-corrected chi connectivity index (χ1v) is 5.96. The molecule has 2 N–H and O–H groups in total. The second kappa shape index (κ2) is 4.78. The largest absolute Gasteiger partial charge is 0.355 e. The Morgan fingerprint density at radius 2 is 2.38 bits per heavy atom. The summed E-state index contributed by atoms with van der Waals surface area (Å²) in [5.41, 5.74) is 7.13. The molecule has 0 radical (unpaired) electrons. The summed E-state index contributed by atoms with van der Waals surface area (Å²) in [6, 6.07) is 2.36. The molecule has 2 atom stereocenters. The van der Waals surface area contributed by atoms with Gasteiger partial charge < -0.3 is 10.6 Å². The van der Waals surface area contributed by atoms with Crippen LogP contribution in [0.25, 0.3) is 0 Å². The molecule has 88 valence electrons. The van der Waals surface area contributed by atoms with Gasteiger partial charge in [0.25, 0.3) is 0 Å². The van der Waals surface area contributed by atoms with Gasteiger partial charge in [0.1, 0.15) is 0 Å². The highest BCUT2D eigenvalue weighted by Crippen LogP contribution is 2.22. The first kappa shape index (κ1) is 11.3. The Balaban J connectivity index is 2.09. The Labute approximate surface area is 96.9 Å². The van der Waals surface area contributed by atoms with Crippen molar-refractivity contribution in [3.05, 3.63) is 17.8 Å². The van der Waals surface area contributed by atoms with Crippen molar-refractivity contribution in [1.82, 2.24) is 10.2 Å². The van der Waals surface area contributed by atoms with Crippen molar-refractivity contribution in [2.45, 2.75) is 32.7 Å². The van der Waals surface area contributed by atoms with Gasteiger partial charge in [-0.3, -0.25) is 0 Å². The van der Waals surface area contributed by atoms with E-state index in [0.717, 1.165) is 24.5 Å². The predicted molar refractivity (Wildman–Crippen MR) is 65.4 cm³/mol. The van der Waals surface area contributed by atoms with E-state index in [1.165, 1.54) is 12.8 Å². The quantitative estimate of drug-likeness (QED) is 0.817. The van der Waals surface area contributed by atoms with Gasteiger partial charge in [0.05, 0.1) is 6.20 Å². The molecule has 1 aliphatic heterocycles. The lowest BCUT2D eigenvalue weighted by atomic mass is 9.92. The molecule has 2 rings (SSSR count).